The number of fused-ring (bicyclic) bond motifs is 1. The maximum absolute atomic E-state index is 12.4. The Morgan fingerprint density at radius 3 is 2.76 bits per heavy atom. The normalized spacial score (nSPS) is 10.5. The second kappa shape index (κ2) is 9.88. The van der Waals surface area contributed by atoms with E-state index in [0.29, 0.717) is 21.5 Å². The molecule has 0 atom stereocenters. The molecule has 4 rings (SSSR count). The molecule has 0 aliphatic carbocycles. The monoisotopic (exact) mass is 492 g/mol. The van der Waals surface area contributed by atoms with Gasteiger partial charge in [-0.1, -0.05) is 17.4 Å². The predicted molar refractivity (Wildman–Crippen MR) is 132 cm³/mol. The Hall–Kier alpha value is -3.64. The van der Waals surface area contributed by atoms with E-state index in [1.54, 1.807) is 7.11 Å². The second-order valence-electron chi connectivity index (χ2n) is 6.63. The molecule has 0 radical (unpaired) electrons. The Balaban J connectivity index is 1.47. The van der Waals surface area contributed by atoms with Gasteiger partial charge in [0.25, 0.3) is 0 Å². The number of nitrogens with one attached hydrogen (secondary N) is 1. The summed E-state index contributed by atoms with van der Waals surface area (Å²) in [5.74, 6) is 0.968. The highest BCUT2D eigenvalue weighted by molar-refractivity contribution is 7.99. The fourth-order valence-electron chi connectivity index (χ4n) is 3.08. The third kappa shape index (κ3) is 4.76. The van der Waals surface area contributed by atoms with Crippen molar-refractivity contribution in [2.75, 3.05) is 23.9 Å². The number of aromatic nitrogens is 2. The smallest absolute Gasteiger partial charge is 0.226 e. The fourth-order valence-corrected chi connectivity index (χ4v) is 5.71. The minimum Gasteiger partial charge on any atom is -0.497 e. The number of rotatable bonds is 7. The number of nitrogen functional groups attached to an aromatic ring is 1. The van der Waals surface area contributed by atoms with E-state index in [-0.39, 0.29) is 29.3 Å². The van der Waals surface area contributed by atoms with Crippen LogP contribution in [0.25, 0.3) is 20.7 Å². The summed E-state index contributed by atoms with van der Waals surface area (Å²) in [4.78, 5) is 21.9. The zero-order chi connectivity index (χ0) is 23.4. The summed E-state index contributed by atoms with van der Waals surface area (Å²) in [6, 6.07) is 13.4. The van der Waals surface area contributed by atoms with Gasteiger partial charge in [0.1, 0.15) is 34.3 Å². The lowest BCUT2D eigenvalue weighted by atomic mass is 10.0. The van der Waals surface area contributed by atoms with Gasteiger partial charge in [0, 0.05) is 22.6 Å². The first-order chi connectivity index (χ1) is 16.0. The van der Waals surface area contributed by atoms with Gasteiger partial charge in [0.05, 0.1) is 22.9 Å². The molecular formula is C22H16N6O2S3. The number of anilines is 2. The number of nitrogens with two attached hydrogens (primary N) is 1. The molecule has 3 aromatic heterocycles. The van der Waals surface area contributed by atoms with Crippen molar-refractivity contribution in [3.8, 4) is 28.3 Å². The molecule has 164 valence electrons. The van der Waals surface area contributed by atoms with Gasteiger partial charge in [-0.2, -0.15) is 10.5 Å². The number of ether oxygens (including phenoxy) is 1. The highest BCUT2D eigenvalue weighted by atomic mass is 32.2. The minimum absolute atomic E-state index is 0.0664. The molecule has 1 aromatic carbocycles. The highest BCUT2D eigenvalue weighted by Gasteiger charge is 2.21. The molecule has 11 heteroatoms. The Morgan fingerprint density at radius 2 is 2.06 bits per heavy atom. The summed E-state index contributed by atoms with van der Waals surface area (Å²) < 4.78 is 6.13. The number of methoxy groups -OCH3 is 1. The van der Waals surface area contributed by atoms with Crippen LogP contribution in [0, 0.1) is 22.7 Å². The van der Waals surface area contributed by atoms with Crippen molar-refractivity contribution >= 4 is 61.5 Å². The van der Waals surface area contributed by atoms with Crippen LogP contribution in [0.5, 0.6) is 5.75 Å². The predicted octanol–water partition coefficient (Wildman–Crippen LogP) is 4.87. The van der Waals surface area contributed by atoms with Gasteiger partial charge in [-0.05, 0) is 29.6 Å². The van der Waals surface area contributed by atoms with E-state index in [1.165, 1.54) is 34.4 Å². The largest absolute Gasteiger partial charge is 0.497 e. The summed E-state index contributed by atoms with van der Waals surface area (Å²) in [7, 11) is 1.60. The molecule has 0 saturated heterocycles. The van der Waals surface area contributed by atoms with Crippen LogP contribution in [-0.2, 0) is 4.79 Å². The van der Waals surface area contributed by atoms with Crippen molar-refractivity contribution in [3.63, 3.8) is 0 Å². The number of thiazole rings is 1. The number of amides is 1. The summed E-state index contributed by atoms with van der Waals surface area (Å²) in [5, 5.41) is 24.9. The molecule has 0 saturated carbocycles. The lowest BCUT2D eigenvalue weighted by Crippen LogP contribution is -2.12. The number of hydrogen-bond donors (Lipinski definition) is 2. The molecule has 0 aliphatic heterocycles. The second-order valence-corrected chi connectivity index (χ2v) is 9.69. The van der Waals surface area contributed by atoms with Gasteiger partial charge in [-0.3, -0.25) is 4.79 Å². The van der Waals surface area contributed by atoms with E-state index in [2.05, 4.69) is 27.4 Å². The van der Waals surface area contributed by atoms with Crippen molar-refractivity contribution in [3.05, 3.63) is 46.8 Å². The summed E-state index contributed by atoms with van der Waals surface area (Å²) in [6.07, 6.45) is 0.185. The van der Waals surface area contributed by atoms with Gasteiger partial charge in [0.2, 0.25) is 5.91 Å². The zero-order valence-corrected chi connectivity index (χ0v) is 19.7. The highest BCUT2D eigenvalue weighted by Crippen LogP contribution is 2.37. The lowest BCUT2D eigenvalue weighted by Gasteiger charge is -2.11. The maximum atomic E-state index is 12.4. The van der Waals surface area contributed by atoms with Crippen LogP contribution in [0.3, 0.4) is 0 Å². The maximum Gasteiger partial charge on any atom is 0.226 e. The fraction of sp³-hybridized carbons (Fsp3) is 0.136. The average Bonchev–Trinajstić information content (AvgIpc) is 3.47. The summed E-state index contributed by atoms with van der Waals surface area (Å²) >= 11 is 4.03. The Bertz CT molecular complexity index is 1420. The van der Waals surface area contributed by atoms with Gasteiger partial charge in [0.15, 0.2) is 5.13 Å². The number of thiophene rings is 1. The Labute approximate surface area is 201 Å². The molecule has 4 aromatic rings. The standard InChI is InChI=1S/C22H16N6O2S3/c1-30-12-4-5-15-17(9-12)33-22(26-15)27-18(29)6-8-32-21-14(11-24)19(16-3-2-7-31-16)13(10-23)20(25)28-21/h2-5,7,9H,6,8H2,1H3,(H2,25,28)(H,26,27,29). The molecular weight excluding hydrogens is 476 g/mol. The molecule has 3 N–H and O–H groups in total. The lowest BCUT2D eigenvalue weighted by molar-refractivity contribution is -0.115. The van der Waals surface area contributed by atoms with Gasteiger partial charge >= 0.3 is 0 Å². The van der Waals surface area contributed by atoms with Crippen molar-refractivity contribution in [2.45, 2.75) is 11.4 Å². The first kappa shape index (κ1) is 22.6. The van der Waals surface area contributed by atoms with E-state index >= 15 is 0 Å². The molecule has 3 heterocycles. The molecule has 8 nitrogen and oxygen atoms in total. The van der Waals surface area contributed by atoms with Crippen LogP contribution in [0.4, 0.5) is 10.9 Å². The van der Waals surface area contributed by atoms with E-state index in [4.69, 9.17) is 10.5 Å². The third-order valence-corrected chi connectivity index (χ3v) is 7.39. The summed E-state index contributed by atoms with van der Waals surface area (Å²) in [5.41, 5.74) is 7.74. The first-order valence-electron chi connectivity index (χ1n) is 9.58. The van der Waals surface area contributed by atoms with Gasteiger partial charge in [-0.25, -0.2) is 9.97 Å². The van der Waals surface area contributed by atoms with Crippen LogP contribution in [0.1, 0.15) is 17.5 Å². The number of benzene rings is 1. The zero-order valence-electron chi connectivity index (χ0n) is 17.3. The van der Waals surface area contributed by atoms with Crippen molar-refractivity contribution in [1.82, 2.24) is 9.97 Å². The number of hydrogen-bond acceptors (Lipinski definition) is 10. The Kier molecular flexibility index (Phi) is 6.75. The Morgan fingerprint density at radius 1 is 1.24 bits per heavy atom. The van der Waals surface area contributed by atoms with E-state index in [1.807, 2.05) is 35.7 Å². The van der Waals surface area contributed by atoms with Crippen LogP contribution < -0.4 is 15.8 Å². The van der Waals surface area contributed by atoms with Crippen LogP contribution >= 0.6 is 34.4 Å². The minimum atomic E-state index is -0.202. The molecule has 33 heavy (non-hydrogen) atoms. The van der Waals surface area contributed by atoms with Crippen molar-refractivity contribution < 1.29 is 9.53 Å². The van der Waals surface area contributed by atoms with Gasteiger partial charge < -0.3 is 15.8 Å². The van der Waals surface area contributed by atoms with E-state index < -0.39 is 0 Å². The molecule has 0 unspecified atom stereocenters. The number of nitrogens with zero attached hydrogens (tertiary/aromatic N) is 4. The van der Waals surface area contributed by atoms with E-state index in [9.17, 15) is 15.3 Å². The van der Waals surface area contributed by atoms with Crippen LogP contribution in [-0.4, -0.2) is 28.7 Å². The summed E-state index contributed by atoms with van der Waals surface area (Å²) in [6.45, 7) is 0. The van der Waals surface area contributed by atoms with Crippen LogP contribution in [0.15, 0.2) is 40.7 Å². The number of thioether (sulfide) groups is 1. The number of pyridine rings is 1. The van der Waals surface area contributed by atoms with E-state index in [0.717, 1.165) is 20.8 Å². The average molecular weight is 493 g/mol. The quantitative estimate of drug-likeness (QED) is 0.348. The number of carbonyl (C=O) groups is 1. The SMILES string of the molecule is COc1ccc2nc(NC(=O)CCSc3nc(N)c(C#N)c(-c4cccs4)c3C#N)sc2c1. The molecule has 1 amide bonds. The molecule has 0 bridgehead atoms. The molecule has 0 spiro atoms. The molecule has 0 aliphatic rings. The van der Waals surface area contributed by atoms with Crippen LogP contribution in [0.2, 0.25) is 0 Å². The molecule has 0 fully saturated rings. The van der Waals surface area contributed by atoms with Gasteiger partial charge in [-0.15, -0.1) is 23.1 Å². The number of nitriles is 2. The topological polar surface area (TPSA) is 138 Å². The third-order valence-electron chi connectivity index (χ3n) is 4.59. The number of carbonyl (C=O) groups excluding carboxylic acids is 1. The first-order valence-corrected chi connectivity index (χ1v) is 12.3. The van der Waals surface area contributed by atoms with Crippen molar-refractivity contribution in [1.29, 1.82) is 10.5 Å². The van der Waals surface area contributed by atoms with Crippen molar-refractivity contribution in [2.24, 2.45) is 0 Å².